The van der Waals surface area contributed by atoms with E-state index in [9.17, 15) is 14.4 Å². The van der Waals surface area contributed by atoms with Crippen molar-refractivity contribution in [2.45, 2.75) is 24.8 Å². The summed E-state index contributed by atoms with van der Waals surface area (Å²) in [4.78, 5) is 34.0. The lowest BCUT2D eigenvalue weighted by atomic mass is 9.98. The minimum atomic E-state index is -0.676. The highest BCUT2D eigenvalue weighted by atomic mass is 16.5. The van der Waals surface area contributed by atoms with Gasteiger partial charge in [-0.05, 0) is 35.1 Å². The maximum Gasteiger partial charge on any atom is 0.407 e. The Hall–Kier alpha value is -3.35. The van der Waals surface area contributed by atoms with Crippen molar-refractivity contribution >= 4 is 18.4 Å². The van der Waals surface area contributed by atoms with Crippen molar-refractivity contribution in [2.24, 2.45) is 5.73 Å². The van der Waals surface area contributed by atoms with Gasteiger partial charge in [-0.2, -0.15) is 0 Å². The normalized spacial score (nSPS) is 13.1. The van der Waals surface area contributed by atoms with Crippen LogP contribution in [0.5, 0.6) is 0 Å². The van der Waals surface area contributed by atoms with Crippen LogP contribution in [0.2, 0.25) is 0 Å². The van der Waals surface area contributed by atoms with Crippen molar-refractivity contribution < 1.29 is 19.1 Å². The molecule has 146 valence electrons. The molecule has 0 bridgehead atoms. The molecule has 0 saturated heterocycles. The first-order valence-electron chi connectivity index (χ1n) is 9.20. The van der Waals surface area contributed by atoms with E-state index in [0.717, 1.165) is 22.3 Å². The fourth-order valence-electron chi connectivity index (χ4n) is 3.50. The van der Waals surface area contributed by atoms with Crippen LogP contribution in [-0.2, 0) is 9.53 Å². The van der Waals surface area contributed by atoms with E-state index in [1.807, 2.05) is 36.4 Å². The van der Waals surface area contributed by atoms with Crippen molar-refractivity contribution in [2.75, 3.05) is 13.2 Å². The monoisotopic (exact) mass is 381 g/mol. The van der Waals surface area contributed by atoms with Crippen LogP contribution >= 0.6 is 0 Å². The van der Waals surface area contributed by atoms with Gasteiger partial charge in [0.1, 0.15) is 12.9 Å². The minimum absolute atomic E-state index is 0.0346. The van der Waals surface area contributed by atoms with Crippen LogP contribution in [0.15, 0.2) is 48.5 Å². The molecule has 0 heterocycles. The standard InChI is InChI=1S/C21H23N3O4/c22-20(26)23-11-5-6-14(12-25)24-21(27)28-13-19-17-9-3-1-7-15(17)16-8-2-4-10-18(16)19/h1-4,7-10,12,14,19H,5-6,11,13H2,(H,24,27)(H3,22,23,26). The Morgan fingerprint density at radius 2 is 1.68 bits per heavy atom. The third-order valence-corrected chi connectivity index (χ3v) is 4.80. The highest BCUT2D eigenvalue weighted by Gasteiger charge is 2.29. The number of nitrogens with two attached hydrogens (primary N) is 1. The van der Waals surface area contributed by atoms with Gasteiger partial charge in [-0.1, -0.05) is 48.5 Å². The Balaban J connectivity index is 1.56. The molecule has 28 heavy (non-hydrogen) atoms. The van der Waals surface area contributed by atoms with Crippen molar-refractivity contribution in [3.63, 3.8) is 0 Å². The molecule has 7 heteroatoms. The molecule has 1 unspecified atom stereocenters. The Morgan fingerprint density at radius 3 is 2.25 bits per heavy atom. The van der Waals surface area contributed by atoms with E-state index in [1.165, 1.54) is 0 Å². The summed E-state index contributed by atoms with van der Waals surface area (Å²) in [6, 6.07) is 14.9. The van der Waals surface area contributed by atoms with Gasteiger partial charge in [0.15, 0.2) is 0 Å². The number of ether oxygens (including phenoxy) is 1. The second-order valence-corrected chi connectivity index (χ2v) is 6.65. The summed E-state index contributed by atoms with van der Waals surface area (Å²) in [5.41, 5.74) is 9.54. The topological polar surface area (TPSA) is 111 Å². The van der Waals surface area contributed by atoms with Crippen LogP contribution in [0.4, 0.5) is 9.59 Å². The second-order valence-electron chi connectivity index (χ2n) is 6.65. The molecule has 0 spiro atoms. The lowest BCUT2D eigenvalue weighted by Crippen LogP contribution is -2.38. The van der Waals surface area contributed by atoms with E-state index in [2.05, 4.69) is 22.8 Å². The van der Waals surface area contributed by atoms with Gasteiger partial charge in [-0.25, -0.2) is 9.59 Å². The second kappa shape index (κ2) is 9.03. The van der Waals surface area contributed by atoms with Crippen molar-refractivity contribution in [1.82, 2.24) is 10.6 Å². The van der Waals surface area contributed by atoms with Gasteiger partial charge in [0.25, 0.3) is 0 Å². The third kappa shape index (κ3) is 4.49. The summed E-state index contributed by atoms with van der Waals surface area (Å²) in [5.74, 6) is -0.0346. The van der Waals surface area contributed by atoms with E-state index in [-0.39, 0.29) is 12.5 Å². The third-order valence-electron chi connectivity index (χ3n) is 4.80. The van der Waals surface area contributed by atoms with E-state index < -0.39 is 18.2 Å². The number of primary amides is 1. The number of hydrogen-bond donors (Lipinski definition) is 3. The molecule has 7 nitrogen and oxygen atoms in total. The number of amides is 3. The number of hydrogen-bond acceptors (Lipinski definition) is 4. The molecule has 2 aromatic carbocycles. The zero-order chi connectivity index (χ0) is 19.9. The summed E-state index contributed by atoms with van der Waals surface area (Å²) in [6.07, 6.45) is 0.914. The molecule has 3 rings (SSSR count). The van der Waals surface area contributed by atoms with Crippen molar-refractivity contribution in [3.8, 4) is 11.1 Å². The van der Waals surface area contributed by atoms with Gasteiger partial charge in [0.2, 0.25) is 0 Å². The lowest BCUT2D eigenvalue weighted by molar-refractivity contribution is -0.109. The number of carbonyl (C=O) groups is 3. The molecule has 3 amide bonds. The Bertz CT molecular complexity index is 823. The molecule has 2 aromatic rings. The molecule has 1 aliphatic carbocycles. The zero-order valence-electron chi connectivity index (χ0n) is 15.4. The highest BCUT2D eigenvalue weighted by molar-refractivity contribution is 5.79. The van der Waals surface area contributed by atoms with Gasteiger partial charge < -0.3 is 25.9 Å². The van der Waals surface area contributed by atoms with Crippen molar-refractivity contribution in [3.05, 3.63) is 59.7 Å². The molecule has 0 fully saturated rings. The molecule has 0 aromatic heterocycles. The Morgan fingerprint density at radius 1 is 1.07 bits per heavy atom. The quantitative estimate of drug-likeness (QED) is 0.482. The number of alkyl carbamates (subject to hydrolysis) is 1. The molecule has 1 atom stereocenters. The fraction of sp³-hybridized carbons (Fsp3) is 0.286. The lowest BCUT2D eigenvalue weighted by Gasteiger charge is -2.16. The average molecular weight is 381 g/mol. The molecular weight excluding hydrogens is 358 g/mol. The number of carbonyl (C=O) groups excluding carboxylic acids is 3. The maximum absolute atomic E-state index is 12.2. The maximum atomic E-state index is 12.2. The number of urea groups is 1. The van der Waals surface area contributed by atoms with Gasteiger partial charge in [-0.3, -0.25) is 0 Å². The van der Waals surface area contributed by atoms with Crippen molar-refractivity contribution in [1.29, 1.82) is 0 Å². The predicted octanol–water partition coefficient (Wildman–Crippen LogP) is 2.54. The number of benzene rings is 2. The van der Waals surface area contributed by atoms with E-state index in [0.29, 0.717) is 25.7 Å². The average Bonchev–Trinajstić information content (AvgIpc) is 3.02. The number of nitrogens with one attached hydrogen (secondary N) is 2. The molecular formula is C21H23N3O4. The first-order valence-corrected chi connectivity index (χ1v) is 9.20. The highest BCUT2D eigenvalue weighted by Crippen LogP contribution is 2.44. The number of aldehydes is 1. The van der Waals surface area contributed by atoms with Crippen LogP contribution in [0.25, 0.3) is 11.1 Å². The SMILES string of the molecule is NC(=O)NCCCC(C=O)NC(=O)OCC1c2ccccc2-c2ccccc21. The number of rotatable bonds is 8. The van der Waals surface area contributed by atoms with E-state index in [1.54, 1.807) is 0 Å². The van der Waals surface area contributed by atoms with Crippen LogP contribution in [-0.4, -0.2) is 37.6 Å². The van der Waals surface area contributed by atoms with Gasteiger partial charge in [0.05, 0.1) is 6.04 Å². The minimum Gasteiger partial charge on any atom is -0.449 e. The molecule has 0 radical (unpaired) electrons. The van der Waals surface area contributed by atoms with Crippen LogP contribution in [0.1, 0.15) is 29.9 Å². The summed E-state index contributed by atoms with van der Waals surface area (Å²) in [5, 5.41) is 4.99. The number of fused-ring (bicyclic) bond motifs is 3. The van der Waals surface area contributed by atoms with Crippen LogP contribution < -0.4 is 16.4 Å². The molecule has 0 aliphatic heterocycles. The first kappa shape index (κ1) is 19.4. The summed E-state index contributed by atoms with van der Waals surface area (Å²) >= 11 is 0. The van der Waals surface area contributed by atoms with Crippen LogP contribution in [0.3, 0.4) is 0 Å². The van der Waals surface area contributed by atoms with E-state index >= 15 is 0 Å². The zero-order valence-corrected chi connectivity index (χ0v) is 15.4. The first-order chi connectivity index (χ1) is 13.6. The summed E-state index contributed by atoms with van der Waals surface area (Å²) in [6.45, 7) is 0.528. The molecule has 0 saturated carbocycles. The van der Waals surface area contributed by atoms with Gasteiger partial charge >= 0.3 is 12.1 Å². The largest absolute Gasteiger partial charge is 0.449 e. The van der Waals surface area contributed by atoms with Gasteiger partial charge in [-0.15, -0.1) is 0 Å². The van der Waals surface area contributed by atoms with E-state index in [4.69, 9.17) is 10.5 Å². The molecule has 4 N–H and O–H groups in total. The Kier molecular flexibility index (Phi) is 6.26. The smallest absolute Gasteiger partial charge is 0.407 e. The summed E-state index contributed by atoms with van der Waals surface area (Å²) < 4.78 is 5.42. The molecule has 1 aliphatic rings. The Labute approximate surface area is 163 Å². The predicted molar refractivity (Wildman–Crippen MR) is 105 cm³/mol. The summed E-state index contributed by atoms with van der Waals surface area (Å²) in [7, 11) is 0. The van der Waals surface area contributed by atoms with Crippen LogP contribution in [0, 0.1) is 0 Å². The van der Waals surface area contributed by atoms with Gasteiger partial charge in [0, 0.05) is 12.5 Å². The fourth-order valence-corrected chi connectivity index (χ4v) is 3.50.